The van der Waals surface area contributed by atoms with E-state index in [0.717, 1.165) is 6.07 Å². The van der Waals surface area contributed by atoms with Gasteiger partial charge in [-0.05, 0) is 12.1 Å². The lowest BCUT2D eigenvalue weighted by Crippen LogP contribution is -2.11. The first-order chi connectivity index (χ1) is 9.50. The molecule has 0 radical (unpaired) electrons. The van der Waals surface area contributed by atoms with Crippen LogP contribution in [0.5, 0.6) is 5.75 Å². The summed E-state index contributed by atoms with van der Waals surface area (Å²) in [7, 11) is 0. The Morgan fingerprint density at radius 1 is 1.15 bits per heavy atom. The van der Waals surface area contributed by atoms with Gasteiger partial charge < -0.3 is 10.2 Å². The number of ether oxygens (including phenoxy) is 1. The molecule has 0 aliphatic carbocycles. The summed E-state index contributed by atoms with van der Waals surface area (Å²) in [5.41, 5.74) is 1.86. The molecule has 8 heteroatoms. The lowest BCUT2D eigenvalue weighted by Gasteiger charge is -2.13. The topological polar surface area (TPSA) is 73.1 Å². The Morgan fingerprint density at radius 2 is 1.90 bits per heavy atom. The van der Waals surface area contributed by atoms with Gasteiger partial charge in [-0.15, -0.1) is 0 Å². The maximum atomic E-state index is 12.7. The fourth-order valence-electron chi connectivity index (χ4n) is 1.48. The first-order valence-corrected chi connectivity index (χ1v) is 5.57. The highest BCUT2D eigenvalue weighted by molar-refractivity contribution is 5.35. The minimum Gasteiger partial charge on any atom is -0.487 e. The molecule has 0 aliphatic rings. The van der Waals surface area contributed by atoms with E-state index >= 15 is 0 Å². The summed E-state index contributed by atoms with van der Waals surface area (Å²) in [5, 5.41) is 0. The maximum absolute atomic E-state index is 12.7. The van der Waals surface area contributed by atoms with Crippen LogP contribution in [0.3, 0.4) is 0 Å². The van der Waals surface area contributed by atoms with Crippen molar-refractivity contribution in [1.82, 2.24) is 9.97 Å². The number of aromatic nitrogens is 2. The van der Waals surface area contributed by atoms with Gasteiger partial charge in [-0.1, -0.05) is 12.1 Å². The molecule has 2 rings (SSSR count). The van der Waals surface area contributed by atoms with Crippen molar-refractivity contribution in [3.05, 3.63) is 47.9 Å². The number of para-hydroxylation sites is 1. The van der Waals surface area contributed by atoms with E-state index < -0.39 is 11.7 Å². The van der Waals surface area contributed by atoms with Crippen molar-refractivity contribution >= 4 is 5.82 Å². The predicted octanol–water partition coefficient (Wildman–Crippen LogP) is 2.36. The summed E-state index contributed by atoms with van der Waals surface area (Å²) in [6.45, 7) is -0.120. The van der Waals surface area contributed by atoms with Crippen LogP contribution in [-0.2, 0) is 12.8 Å². The van der Waals surface area contributed by atoms with Gasteiger partial charge in [-0.2, -0.15) is 13.2 Å². The Balaban J connectivity index is 2.10. The van der Waals surface area contributed by atoms with Crippen LogP contribution in [0.1, 0.15) is 11.3 Å². The van der Waals surface area contributed by atoms with E-state index in [0.29, 0.717) is 11.5 Å². The van der Waals surface area contributed by atoms with Crippen molar-refractivity contribution in [2.24, 2.45) is 5.84 Å². The SMILES string of the molecule is NNc1cnc(COc2ccccc2C(F)(F)F)cn1. The zero-order valence-corrected chi connectivity index (χ0v) is 10.2. The van der Waals surface area contributed by atoms with Crippen molar-refractivity contribution < 1.29 is 17.9 Å². The molecule has 0 bridgehead atoms. The van der Waals surface area contributed by atoms with E-state index in [1.807, 2.05) is 0 Å². The van der Waals surface area contributed by atoms with Crippen LogP contribution >= 0.6 is 0 Å². The van der Waals surface area contributed by atoms with Gasteiger partial charge in [0.1, 0.15) is 12.4 Å². The Kier molecular flexibility index (Phi) is 4.04. The highest BCUT2D eigenvalue weighted by Crippen LogP contribution is 2.36. The molecule has 106 valence electrons. The molecule has 0 amide bonds. The van der Waals surface area contributed by atoms with Crippen LogP contribution in [0.4, 0.5) is 19.0 Å². The van der Waals surface area contributed by atoms with E-state index in [1.165, 1.54) is 30.6 Å². The molecule has 0 saturated carbocycles. The van der Waals surface area contributed by atoms with Crippen LogP contribution in [0.15, 0.2) is 36.7 Å². The van der Waals surface area contributed by atoms with Gasteiger partial charge in [0.2, 0.25) is 0 Å². The third-order valence-electron chi connectivity index (χ3n) is 2.42. The fraction of sp³-hybridized carbons (Fsp3) is 0.167. The zero-order valence-electron chi connectivity index (χ0n) is 10.2. The van der Waals surface area contributed by atoms with Gasteiger partial charge >= 0.3 is 6.18 Å². The molecule has 0 spiro atoms. The lowest BCUT2D eigenvalue weighted by molar-refractivity contribution is -0.139. The van der Waals surface area contributed by atoms with Crippen LogP contribution < -0.4 is 16.0 Å². The molecule has 0 saturated heterocycles. The summed E-state index contributed by atoms with van der Waals surface area (Å²) in [6.07, 6.45) is -1.74. The first kappa shape index (κ1) is 14.1. The predicted molar refractivity (Wildman–Crippen MR) is 65.6 cm³/mol. The molecular formula is C12H11F3N4O. The Hall–Kier alpha value is -2.35. The third-order valence-corrected chi connectivity index (χ3v) is 2.42. The summed E-state index contributed by atoms with van der Waals surface area (Å²) < 4.78 is 43.4. The number of alkyl halides is 3. The monoisotopic (exact) mass is 284 g/mol. The smallest absolute Gasteiger partial charge is 0.419 e. The number of nitrogen functional groups attached to an aromatic ring is 1. The van der Waals surface area contributed by atoms with Crippen molar-refractivity contribution in [3.8, 4) is 5.75 Å². The Morgan fingerprint density at radius 3 is 2.50 bits per heavy atom. The lowest BCUT2D eigenvalue weighted by atomic mass is 10.2. The van der Waals surface area contributed by atoms with Crippen LogP contribution in [-0.4, -0.2) is 9.97 Å². The third kappa shape index (κ3) is 3.35. The quantitative estimate of drug-likeness (QED) is 0.666. The van der Waals surface area contributed by atoms with Gasteiger partial charge in [0.15, 0.2) is 5.82 Å². The second kappa shape index (κ2) is 5.74. The fourth-order valence-corrected chi connectivity index (χ4v) is 1.48. The number of hydrazine groups is 1. The number of rotatable bonds is 4. The van der Waals surface area contributed by atoms with Crippen molar-refractivity contribution in [3.63, 3.8) is 0 Å². The highest BCUT2D eigenvalue weighted by Gasteiger charge is 2.33. The largest absolute Gasteiger partial charge is 0.487 e. The van der Waals surface area contributed by atoms with Gasteiger partial charge in [0.05, 0.1) is 23.7 Å². The number of hydrogen-bond acceptors (Lipinski definition) is 5. The van der Waals surface area contributed by atoms with Crippen molar-refractivity contribution in [2.75, 3.05) is 5.43 Å². The molecule has 3 N–H and O–H groups in total. The summed E-state index contributed by atoms with van der Waals surface area (Å²) in [4.78, 5) is 7.82. The molecule has 0 aliphatic heterocycles. The van der Waals surface area contributed by atoms with Gasteiger partial charge in [-0.3, -0.25) is 4.98 Å². The van der Waals surface area contributed by atoms with Crippen LogP contribution in [0.2, 0.25) is 0 Å². The molecule has 20 heavy (non-hydrogen) atoms. The number of halogens is 3. The van der Waals surface area contributed by atoms with Crippen molar-refractivity contribution in [2.45, 2.75) is 12.8 Å². The summed E-state index contributed by atoms with van der Waals surface area (Å²) in [5.74, 6) is 5.23. The number of benzene rings is 1. The van der Waals surface area contributed by atoms with Crippen LogP contribution in [0.25, 0.3) is 0 Å². The Bertz CT molecular complexity index is 572. The minimum absolute atomic E-state index is 0.120. The average molecular weight is 284 g/mol. The van der Waals surface area contributed by atoms with E-state index in [1.54, 1.807) is 0 Å². The normalized spacial score (nSPS) is 11.2. The van der Waals surface area contributed by atoms with Gasteiger partial charge in [0.25, 0.3) is 0 Å². The van der Waals surface area contributed by atoms with E-state index in [-0.39, 0.29) is 12.4 Å². The molecule has 1 heterocycles. The molecular weight excluding hydrogens is 273 g/mol. The first-order valence-electron chi connectivity index (χ1n) is 5.57. The van der Waals surface area contributed by atoms with Crippen LogP contribution in [0, 0.1) is 0 Å². The number of nitrogens with one attached hydrogen (secondary N) is 1. The molecule has 0 atom stereocenters. The number of anilines is 1. The van der Waals surface area contributed by atoms with Gasteiger partial charge in [0, 0.05) is 0 Å². The van der Waals surface area contributed by atoms with Crippen molar-refractivity contribution in [1.29, 1.82) is 0 Å². The molecule has 1 aromatic carbocycles. The molecule has 5 nitrogen and oxygen atoms in total. The summed E-state index contributed by atoms with van der Waals surface area (Å²) >= 11 is 0. The number of hydrogen-bond donors (Lipinski definition) is 2. The molecule has 1 aromatic heterocycles. The maximum Gasteiger partial charge on any atom is 0.419 e. The highest BCUT2D eigenvalue weighted by atomic mass is 19.4. The Labute approximate surface area is 112 Å². The molecule has 0 fully saturated rings. The second-order valence-electron chi connectivity index (χ2n) is 3.82. The number of nitrogens with two attached hydrogens (primary N) is 1. The average Bonchev–Trinajstić information content (AvgIpc) is 2.45. The van der Waals surface area contributed by atoms with Gasteiger partial charge in [-0.25, -0.2) is 10.8 Å². The number of nitrogens with zero attached hydrogens (tertiary/aromatic N) is 2. The molecule has 0 unspecified atom stereocenters. The second-order valence-corrected chi connectivity index (χ2v) is 3.82. The van der Waals surface area contributed by atoms with E-state index in [4.69, 9.17) is 10.6 Å². The van der Waals surface area contributed by atoms with E-state index in [2.05, 4.69) is 15.4 Å². The minimum atomic E-state index is -4.46. The van der Waals surface area contributed by atoms with E-state index in [9.17, 15) is 13.2 Å². The standard InChI is InChI=1S/C12H11F3N4O/c13-12(14,15)9-3-1-2-4-10(9)20-7-8-5-18-11(19-16)6-17-8/h1-6H,7,16H2,(H,18,19). The molecule has 2 aromatic rings. The zero-order chi connectivity index (χ0) is 14.6. The summed E-state index contributed by atoms with van der Waals surface area (Å²) in [6, 6.07) is 4.99.